The van der Waals surface area contributed by atoms with Gasteiger partial charge in [0.25, 0.3) is 0 Å². The van der Waals surface area contributed by atoms with E-state index in [2.05, 4.69) is 21.2 Å². The molecule has 27 heavy (non-hydrogen) atoms. The fourth-order valence-electron chi connectivity index (χ4n) is 2.56. The van der Waals surface area contributed by atoms with Gasteiger partial charge in [-0.25, -0.2) is 0 Å². The number of anilines is 1. The summed E-state index contributed by atoms with van der Waals surface area (Å²) in [7, 11) is 3.50. The van der Waals surface area contributed by atoms with Gasteiger partial charge in [0.1, 0.15) is 0 Å². The summed E-state index contributed by atoms with van der Waals surface area (Å²) in [6.07, 6.45) is 0. The summed E-state index contributed by atoms with van der Waals surface area (Å²) in [6.45, 7) is 2.72. The van der Waals surface area contributed by atoms with Crippen molar-refractivity contribution in [2.45, 2.75) is 13.5 Å². The molecule has 0 spiro atoms. The maximum Gasteiger partial charge on any atom is 0.238 e. The van der Waals surface area contributed by atoms with Gasteiger partial charge in [0, 0.05) is 28.8 Å². The molecule has 5 nitrogen and oxygen atoms in total. The molecular formula is C20H23BrClN3O2. The molecule has 0 bridgehead atoms. The average Bonchev–Trinajstić information content (AvgIpc) is 2.59. The normalized spacial score (nSPS) is 10.7. The second kappa shape index (κ2) is 9.88. The van der Waals surface area contributed by atoms with Crippen LogP contribution in [-0.4, -0.2) is 48.8 Å². The Bertz CT molecular complexity index is 811. The molecule has 144 valence electrons. The molecular weight excluding hydrogens is 430 g/mol. The van der Waals surface area contributed by atoms with Crippen molar-refractivity contribution in [1.82, 2.24) is 9.80 Å². The highest BCUT2D eigenvalue weighted by atomic mass is 79.9. The Morgan fingerprint density at radius 1 is 1.07 bits per heavy atom. The zero-order chi connectivity index (χ0) is 20.0. The summed E-state index contributed by atoms with van der Waals surface area (Å²) in [5.74, 6) is -0.212. The summed E-state index contributed by atoms with van der Waals surface area (Å²) in [5.41, 5.74) is 2.74. The van der Waals surface area contributed by atoms with Crippen molar-refractivity contribution in [2.24, 2.45) is 0 Å². The van der Waals surface area contributed by atoms with Gasteiger partial charge in [0.15, 0.2) is 0 Å². The summed E-state index contributed by atoms with van der Waals surface area (Å²) in [5, 5.41) is 3.54. The van der Waals surface area contributed by atoms with Crippen LogP contribution < -0.4 is 5.32 Å². The van der Waals surface area contributed by atoms with Crippen LogP contribution in [0.4, 0.5) is 5.69 Å². The Hall–Kier alpha value is -1.89. The fourth-order valence-corrected chi connectivity index (χ4v) is 3.16. The van der Waals surface area contributed by atoms with E-state index in [1.54, 1.807) is 36.0 Å². The Morgan fingerprint density at radius 3 is 2.37 bits per heavy atom. The minimum absolute atomic E-state index is 0.0555. The number of likely N-dealkylation sites (N-methyl/N-ethyl adjacent to an activating group) is 2. The Morgan fingerprint density at radius 2 is 1.74 bits per heavy atom. The van der Waals surface area contributed by atoms with Gasteiger partial charge in [-0.15, -0.1) is 0 Å². The number of hydrogen-bond acceptors (Lipinski definition) is 3. The Kier molecular flexibility index (Phi) is 7.83. The van der Waals surface area contributed by atoms with E-state index in [1.807, 2.05) is 37.3 Å². The van der Waals surface area contributed by atoms with Crippen LogP contribution in [0.1, 0.15) is 11.1 Å². The smallest absolute Gasteiger partial charge is 0.238 e. The third-order valence-electron chi connectivity index (χ3n) is 4.04. The van der Waals surface area contributed by atoms with Crippen molar-refractivity contribution < 1.29 is 9.59 Å². The number of carbonyl (C=O) groups excluding carboxylic acids is 2. The van der Waals surface area contributed by atoms with Gasteiger partial charge in [-0.05, 0) is 55.4 Å². The van der Waals surface area contributed by atoms with E-state index in [0.29, 0.717) is 11.6 Å². The van der Waals surface area contributed by atoms with Gasteiger partial charge in [0.05, 0.1) is 13.1 Å². The Balaban J connectivity index is 1.82. The topological polar surface area (TPSA) is 52.7 Å². The summed E-state index contributed by atoms with van der Waals surface area (Å²) in [6, 6.07) is 13.1. The maximum atomic E-state index is 12.4. The van der Waals surface area contributed by atoms with E-state index in [1.165, 1.54) is 0 Å². The van der Waals surface area contributed by atoms with Crippen molar-refractivity contribution in [3.05, 3.63) is 63.1 Å². The van der Waals surface area contributed by atoms with Gasteiger partial charge in [-0.1, -0.05) is 39.7 Å². The molecule has 0 saturated heterocycles. The first-order chi connectivity index (χ1) is 12.7. The van der Waals surface area contributed by atoms with Crippen LogP contribution in [0.15, 0.2) is 46.9 Å². The van der Waals surface area contributed by atoms with E-state index < -0.39 is 0 Å². The van der Waals surface area contributed by atoms with Gasteiger partial charge < -0.3 is 10.2 Å². The number of amides is 2. The summed E-state index contributed by atoms with van der Waals surface area (Å²) >= 11 is 9.28. The van der Waals surface area contributed by atoms with Gasteiger partial charge in [0.2, 0.25) is 11.8 Å². The first-order valence-electron chi connectivity index (χ1n) is 8.47. The molecule has 0 unspecified atom stereocenters. The molecule has 0 aliphatic heterocycles. The largest absolute Gasteiger partial charge is 0.340 e. The van der Waals surface area contributed by atoms with Crippen LogP contribution in [0.2, 0.25) is 5.02 Å². The number of nitrogens with zero attached hydrogens (tertiary/aromatic N) is 2. The van der Waals surface area contributed by atoms with Crippen molar-refractivity contribution >= 4 is 45.0 Å². The zero-order valence-electron chi connectivity index (χ0n) is 15.6. The molecule has 0 aromatic heterocycles. The highest BCUT2D eigenvalue weighted by Gasteiger charge is 2.15. The molecule has 0 saturated carbocycles. The second-order valence-electron chi connectivity index (χ2n) is 6.56. The highest BCUT2D eigenvalue weighted by Crippen LogP contribution is 2.20. The van der Waals surface area contributed by atoms with E-state index in [9.17, 15) is 9.59 Å². The molecule has 2 rings (SSSR count). The van der Waals surface area contributed by atoms with E-state index in [0.717, 1.165) is 21.3 Å². The number of hydrogen-bond donors (Lipinski definition) is 1. The molecule has 0 aliphatic carbocycles. The predicted molar refractivity (Wildman–Crippen MR) is 113 cm³/mol. The van der Waals surface area contributed by atoms with Crippen molar-refractivity contribution in [1.29, 1.82) is 0 Å². The third kappa shape index (κ3) is 6.97. The molecule has 0 heterocycles. The lowest BCUT2D eigenvalue weighted by Crippen LogP contribution is -2.39. The molecule has 0 fully saturated rings. The van der Waals surface area contributed by atoms with Crippen LogP contribution >= 0.6 is 27.5 Å². The molecule has 0 aliphatic rings. The summed E-state index contributed by atoms with van der Waals surface area (Å²) < 4.78 is 0.962. The number of carbonyl (C=O) groups is 2. The predicted octanol–water partition coefficient (Wildman–Crippen LogP) is 3.94. The number of aryl methyl sites for hydroxylation is 1. The van der Waals surface area contributed by atoms with Gasteiger partial charge >= 0.3 is 0 Å². The quantitative estimate of drug-likeness (QED) is 0.692. The molecule has 2 amide bonds. The van der Waals surface area contributed by atoms with Gasteiger partial charge in [-0.3, -0.25) is 14.5 Å². The SMILES string of the molecule is Cc1cc(Br)ccc1NC(=O)CN(C)CC(=O)N(C)Cc1ccc(Cl)cc1. The van der Waals surface area contributed by atoms with E-state index in [4.69, 9.17) is 11.6 Å². The molecule has 1 N–H and O–H groups in total. The van der Waals surface area contributed by atoms with Crippen LogP contribution in [0, 0.1) is 6.92 Å². The summed E-state index contributed by atoms with van der Waals surface area (Å²) in [4.78, 5) is 27.9. The van der Waals surface area contributed by atoms with Crippen LogP contribution in [0.5, 0.6) is 0 Å². The van der Waals surface area contributed by atoms with Crippen LogP contribution in [-0.2, 0) is 16.1 Å². The molecule has 0 atom stereocenters. The third-order valence-corrected chi connectivity index (χ3v) is 4.79. The van der Waals surface area contributed by atoms with Crippen molar-refractivity contribution in [3.8, 4) is 0 Å². The monoisotopic (exact) mass is 451 g/mol. The lowest BCUT2D eigenvalue weighted by Gasteiger charge is -2.22. The molecule has 2 aromatic rings. The zero-order valence-corrected chi connectivity index (χ0v) is 18.0. The molecule has 0 radical (unpaired) electrons. The van der Waals surface area contributed by atoms with Gasteiger partial charge in [-0.2, -0.15) is 0 Å². The van der Waals surface area contributed by atoms with Crippen molar-refractivity contribution in [3.63, 3.8) is 0 Å². The van der Waals surface area contributed by atoms with E-state index in [-0.39, 0.29) is 24.9 Å². The fraction of sp³-hybridized carbons (Fsp3) is 0.300. The average molecular weight is 453 g/mol. The first-order valence-corrected chi connectivity index (χ1v) is 9.64. The van der Waals surface area contributed by atoms with E-state index >= 15 is 0 Å². The second-order valence-corrected chi connectivity index (χ2v) is 7.91. The molecule has 7 heteroatoms. The highest BCUT2D eigenvalue weighted by molar-refractivity contribution is 9.10. The number of benzene rings is 2. The lowest BCUT2D eigenvalue weighted by molar-refractivity contribution is -0.131. The van der Waals surface area contributed by atoms with Crippen LogP contribution in [0.25, 0.3) is 0 Å². The lowest BCUT2D eigenvalue weighted by atomic mass is 10.2. The minimum atomic E-state index is -0.156. The van der Waals surface area contributed by atoms with Crippen LogP contribution in [0.3, 0.4) is 0 Å². The first kappa shape index (κ1) is 21.4. The standard InChI is InChI=1S/C20H23BrClN3O2/c1-14-10-16(21)6-9-18(14)23-19(26)12-24(2)13-20(27)25(3)11-15-4-7-17(22)8-5-15/h4-10H,11-13H2,1-3H3,(H,23,26). The van der Waals surface area contributed by atoms with Crippen molar-refractivity contribution in [2.75, 3.05) is 32.5 Å². The number of halogens is 2. The maximum absolute atomic E-state index is 12.4. The number of nitrogens with one attached hydrogen (secondary N) is 1. The molecule has 2 aromatic carbocycles. The minimum Gasteiger partial charge on any atom is -0.340 e. The Labute approximate surface area is 173 Å². The number of rotatable bonds is 7.